The van der Waals surface area contributed by atoms with Crippen LogP contribution in [-0.2, 0) is 16.0 Å². The largest absolute Gasteiger partial charge is 0.466 e. The molecule has 17 heavy (non-hydrogen) atoms. The van der Waals surface area contributed by atoms with Gasteiger partial charge < -0.3 is 9.64 Å². The van der Waals surface area contributed by atoms with Crippen LogP contribution in [0, 0.1) is 0 Å². The summed E-state index contributed by atoms with van der Waals surface area (Å²) in [6.45, 7) is 2.27. The highest BCUT2D eigenvalue weighted by molar-refractivity contribution is 7.13. The quantitative estimate of drug-likeness (QED) is 0.730. The first-order valence-corrected chi connectivity index (χ1v) is 6.91. The lowest BCUT2D eigenvalue weighted by atomic mass is 10.2. The molecule has 0 N–H and O–H groups in total. The summed E-state index contributed by atoms with van der Waals surface area (Å²) in [5.41, 5.74) is 0.991. The van der Waals surface area contributed by atoms with Gasteiger partial charge in [-0.25, -0.2) is 4.98 Å². The fraction of sp³-hybridized carbons (Fsp3) is 0.667. The van der Waals surface area contributed by atoms with E-state index < -0.39 is 0 Å². The van der Waals surface area contributed by atoms with Crippen LogP contribution < -0.4 is 4.90 Å². The van der Waals surface area contributed by atoms with Gasteiger partial charge in [-0.05, 0) is 19.8 Å². The zero-order chi connectivity index (χ0) is 12.3. The monoisotopic (exact) mass is 254 g/mol. The summed E-state index contributed by atoms with van der Waals surface area (Å²) < 4.78 is 4.89. The number of aromatic nitrogens is 1. The van der Waals surface area contributed by atoms with Gasteiger partial charge in [0, 0.05) is 24.9 Å². The molecule has 1 aromatic heterocycles. The minimum Gasteiger partial charge on any atom is -0.466 e. The fourth-order valence-corrected chi connectivity index (χ4v) is 2.55. The SMILES string of the molecule is CCOC(=O)CCc1csc(N(C)C2CC2)n1. The second-order valence-corrected chi connectivity index (χ2v) is 5.11. The van der Waals surface area contributed by atoms with Gasteiger partial charge in [-0.2, -0.15) is 0 Å². The van der Waals surface area contributed by atoms with E-state index >= 15 is 0 Å². The lowest BCUT2D eigenvalue weighted by molar-refractivity contribution is -0.143. The van der Waals surface area contributed by atoms with Crippen LogP contribution in [0.1, 0.15) is 31.9 Å². The summed E-state index contributed by atoms with van der Waals surface area (Å²) >= 11 is 1.65. The number of aryl methyl sites for hydroxylation is 1. The Hall–Kier alpha value is -1.10. The molecular formula is C12H18N2O2S. The van der Waals surface area contributed by atoms with Gasteiger partial charge >= 0.3 is 5.97 Å². The van der Waals surface area contributed by atoms with Crippen LogP contribution in [0.25, 0.3) is 0 Å². The van der Waals surface area contributed by atoms with Gasteiger partial charge in [0.2, 0.25) is 0 Å². The Kier molecular flexibility index (Phi) is 3.99. The van der Waals surface area contributed by atoms with Crippen molar-refractivity contribution in [2.75, 3.05) is 18.6 Å². The summed E-state index contributed by atoms with van der Waals surface area (Å²) in [6, 6.07) is 0.680. The van der Waals surface area contributed by atoms with Crippen molar-refractivity contribution in [3.05, 3.63) is 11.1 Å². The van der Waals surface area contributed by atoms with Crippen LogP contribution in [0.2, 0.25) is 0 Å². The van der Waals surface area contributed by atoms with Gasteiger partial charge in [-0.3, -0.25) is 4.79 Å². The maximum atomic E-state index is 11.2. The topological polar surface area (TPSA) is 42.4 Å². The fourth-order valence-electron chi connectivity index (χ4n) is 1.65. The van der Waals surface area contributed by atoms with E-state index in [0.29, 0.717) is 25.5 Å². The van der Waals surface area contributed by atoms with E-state index in [1.165, 1.54) is 12.8 Å². The first kappa shape index (κ1) is 12.4. The van der Waals surface area contributed by atoms with Crippen molar-refractivity contribution < 1.29 is 9.53 Å². The molecule has 1 saturated carbocycles. The standard InChI is InChI=1S/C12H18N2O2S/c1-3-16-11(15)7-4-9-8-17-12(13-9)14(2)10-5-6-10/h8,10H,3-7H2,1-2H3. The molecule has 0 unspecified atom stereocenters. The average Bonchev–Trinajstić information content (AvgIpc) is 3.05. The van der Waals surface area contributed by atoms with Crippen molar-refractivity contribution in [2.24, 2.45) is 0 Å². The molecule has 1 aliphatic carbocycles. The van der Waals surface area contributed by atoms with Gasteiger partial charge in [-0.15, -0.1) is 11.3 Å². The Morgan fingerprint density at radius 1 is 1.65 bits per heavy atom. The molecular weight excluding hydrogens is 236 g/mol. The van der Waals surface area contributed by atoms with Crippen LogP contribution >= 0.6 is 11.3 Å². The summed E-state index contributed by atoms with van der Waals surface area (Å²) in [5, 5.41) is 3.10. The van der Waals surface area contributed by atoms with Crippen molar-refractivity contribution in [1.29, 1.82) is 0 Å². The van der Waals surface area contributed by atoms with Gasteiger partial charge in [0.15, 0.2) is 5.13 Å². The van der Waals surface area contributed by atoms with Gasteiger partial charge in [-0.1, -0.05) is 0 Å². The van der Waals surface area contributed by atoms with E-state index in [0.717, 1.165) is 10.8 Å². The van der Waals surface area contributed by atoms with E-state index in [1.807, 2.05) is 12.3 Å². The normalized spacial score (nSPS) is 14.7. The molecule has 1 aliphatic rings. The molecule has 0 atom stereocenters. The van der Waals surface area contributed by atoms with E-state index in [9.17, 15) is 4.79 Å². The second kappa shape index (κ2) is 5.49. The van der Waals surface area contributed by atoms with Crippen LogP contribution in [0.15, 0.2) is 5.38 Å². The van der Waals surface area contributed by atoms with Crippen molar-refractivity contribution >= 4 is 22.4 Å². The molecule has 2 rings (SSSR count). The van der Waals surface area contributed by atoms with Crippen LogP contribution in [0.4, 0.5) is 5.13 Å². The van der Waals surface area contributed by atoms with Crippen LogP contribution in [-0.4, -0.2) is 30.6 Å². The highest BCUT2D eigenvalue weighted by atomic mass is 32.1. The third kappa shape index (κ3) is 3.43. The number of hydrogen-bond donors (Lipinski definition) is 0. The number of carbonyl (C=O) groups excluding carboxylic acids is 1. The van der Waals surface area contributed by atoms with E-state index in [4.69, 9.17) is 4.74 Å². The average molecular weight is 254 g/mol. The summed E-state index contributed by atoms with van der Waals surface area (Å²) in [4.78, 5) is 18.0. The summed E-state index contributed by atoms with van der Waals surface area (Å²) in [7, 11) is 2.09. The lowest BCUT2D eigenvalue weighted by Gasteiger charge is -2.13. The number of thiazole rings is 1. The number of nitrogens with zero attached hydrogens (tertiary/aromatic N) is 2. The minimum atomic E-state index is -0.141. The molecule has 0 amide bonds. The summed E-state index contributed by atoms with van der Waals surface area (Å²) in [6.07, 6.45) is 3.64. The lowest BCUT2D eigenvalue weighted by Crippen LogP contribution is -2.19. The van der Waals surface area contributed by atoms with E-state index in [2.05, 4.69) is 16.9 Å². The number of carbonyl (C=O) groups is 1. The Bertz CT molecular complexity index is 388. The smallest absolute Gasteiger partial charge is 0.306 e. The molecule has 94 valence electrons. The van der Waals surface area contributed by atoms with Crippen molar-refractivity contribution in [3.8, 4) is 0 Å². The Morgan fingerprint density at radius 3 is 3.06 bits per heavy atom. The molecule has 0 spiro atoms. The molecule has 0 saturated heterocycles. The van der Waals surface area contributed by atoms with Crippen LogP contribution in [0.5, 0.6) is 0 Å². The number of rotatable bonds is 6. The minimum absolute atomic E-state index is 0.141. The summed E-state index contributed by atoms with van der Waals surface area (Å²) in [5.74, 6) is -0.141. The second-order valence-electron chi connectivity index (χ2n) is 4.27. The van der Waals surface area contributed by atoms with Crippen molar-refractivity contribution in [2.45, 2.75) is 38.6 Å². The molecule has 0 aromatic carbocycles. The first-order valence-electron chi connectivity index (χ1n) is 6.03. The number of anilines is 1. The first-order chi connectivity index (χ1) is 8.20. The van der Waals surface area contributed by atoms with Gasteiger partial charge in [0.25, 0.3) is 0 Å². The molecule has 5 heteroatoms. The predicted octanol–water partition coefficient (Wildman–Crippen LogP) is 2.24. The molecule has 1 heterocycles. The molecule has 4 nitrogen and oxygen atoms in total. The number of esters is 1. The van der Waals surface area contributed by atoms with Crippen molar-refractivity contribution in [1.82, 2.24) is 4.98 Å². The van der Waals surface area contributed by atoms with Crippen LogP contribution in [0.3, 0.4) is 0 Å². The third-order valence-corrected chi connectivity index (χ3v) is 3.81. The Morgan fingerprint density at radius 2 is 2.41 bits per heavy atom. The highest BCUT2D eigenvalue weighted by Crippen LogP contribution is 2.32. The maximum Gasteiger partial charge on any atom is 0.306 e. The van der Waals surface area contributed by atoms with Crippen molar-refractivity contribution in [3.63, 3.8) is 0 Å². The number of hydrogen-bond acceptors (Lipinski definition) is 5. The van der Waals surface area contributed by atoms with E-state index in [-0.39, 0.29) is 5.97 Å². The Balaban J connectivity index is 1.83. The molecule has 0 radical (unpaired) electrons. The Labute approximate surface area is 106 Å². The van der Waals surface area contributed by atoms with Gasteiger partial charge in [0.1, 0.15) is 0 Å². The predicted molar refractivity (Wildman–Crippen MR) is 68.5 cm³/mol. The molecule has 1 aromatic rings. The molecule has 0 aliphatic heterocycles. The molecule has 0 bridgehead atoms. The maximum absolute atomic E-state index is 11.2. The third-order valence-electron chi connectivity index (χ3n) is 2.83. The van der Waals surface area contributed by atoms with Gasteiger partial charge in [0.05, 0.1) is 18.7 Å². The number of ether oxygens (including phenoxy) is 1. The molecule has 1 fully saturated rings. The zero-order valence-electron chi connectivity index (χ0n) is 10.3. The highest BCUT2D eigenvalue weighted by Gasteiger charge is 2.27. The zero-order valence-corrected chi connectivity index (χ0v) is 11.1. The van der Waals surface area contributed by atoms with E-state index in [1.54, 1.807) is 11.3 Å².